The van der Waals surface area contributed by atoms with Crippen molar-refractivity contribution in [2.24, 2.45) is 5.73 Å². The van der Waals surface area contributed by atoms with E-state index < -0.39 is 5.91 Å². The van der Waals surface area contributed by atoms with Crippen LogP contribution in [0.1, 0.15) is 16.1 Å². The SMILES string of the molecule is NC(=O)c1c(-c2c(Cl)cccc2Cl)nc2c3cc(-c4cnn(Cc5ccccc5)c4)cnc3ccn12. The fourth-order valence-electron chi connectivity index (χ4n) is 4.36. The van der Waals surface area contributed by atoms with E-state index in [-0.39, 0.29) is 5.69 Å². The van der Waals surface area contributed by atoms with Crippen LogP contribution >= 0.6 is 23.2 Å². The normalized spacial score (nSPS) is 11.4. The third-order valence-electron chi connectivity index (χ3n) is 6.04. The molecule has 7 nitrogen and oxygen atoms in total. The first-order valence-electron chi connectivity index (χ1n) is 11.1. The van der Waals surface area contributed by atoms with Crippen molar-refractivity contribution in [2.45, 2.75) is 6.54 Å². The van der Waals surface area contributed by atoms with E-state index in [4.69, 9.17) is 33.9 Å². The molecule has 0 unspecified atom stereocenters. The topological polar surface area (TPSA) is 91.1 Å². The molecular weight excluding hydrogens is 495 g/mol. The van der Waals surface area contributed by atoms with Crippen LogP contribution in [0, 0.1) is 0 Å². The second-order valence-electron chi connectivity index (χ2n) is 8.35. The molecule has 4 heterocycles. The number of fused-ring (bicyclic) bond motifs is 3. The van der Waals surface area contributed by atoms with Gasteiger partial charge < -0.3 is 5.73 Å². The number of carbonyl (C=O) groups is 1. The van der Waals surface area contributed by atoms with E-state index in [2.05, 4.69) is 22.2 Å². The van der Waals surface area contributed by atoms with Crippen molar-refractivity contribution in [3.8, 4) is 22.4 Å². The van der Waals surface area contributed by atoms with Gasteiger partial charge >= 0.3 is 0 Å². The molecule has 0 saturated heterocycles. The minimum atomic E-state index is -0.640. The van der Waals surface area contributed by atoms with Crippen LogP contribution in [-0.4, -0.2) is 30.1 Å². The molecule has 9 heteroatoms. The highest BCUT2D eigenvalue weighted by Crippen LogP contribution is 2.37. The summed E-state index contributed by atoms with van der Waals surface area (Å²) < 4.78 is 3.54. The Morgan fingerprint density at radius 2 is 1.72 bits per heavy atom. The van der Waals surface area contributed by atoms with Crippen molar-refractivity contribution in [1.29, 1.82) is 0 Å². The van der Waals surface area contributed by atoms with Crippen LogP contribution in [0.15, 0.2) is 85.5 Å². The molecule has 2 N–H and O–H groups in total. The fourth-order valence-corrected chi connectivity index (χ4v) is 4.94. The summed E-state index contributed by atoms with van der Waals surface area (Å²) in [5, 5.41) is 6.02. The third kappa shape index (κ3) is 3.79. The molecule has 0 aliphatic carbocycles. The maximum Gasteiger partial charge on any atom is 0.268 e. The monoisotopic (exact) mass is 512 g/mol. The van der Waals surface area contributed by atoms with Crippen molar-refractivity contribution < 1.29 is 4.79 Å². The molecule has 0 saturated carbocycles. The van der Waals surface area contributed by atoms with Crippen molar-refractivity contribution in [3.05, 3.63) is 107 Å². The van der Waals surface area contributed by atoms with Crippen molar-refractivity contribution in [1.82, 2.24) is 24.1 Å². The Hall–Kier alpha value is -4.20. The van der Waals surface area contributed by atoms with E-state index in [9.17, 15) is 4.79 Å². The number of benzene rings is 2. The minimum Gasteiger partial charge on any atom is -0.364 e. The van der Waals surface area contributed by atoms with Gasteiger partial charge in [-0.25, -0.2) is 4.98 Å². The highest BCUT2D eigenvalue weighted by Gasteiger charge is 2.23. The van der Waals surface area contributed by atoms with Crippen molar-refractivity contribution in [2.75, 3.05) is 0 Å². The first-order chi connectivity index (χ1) is 17.5. The summed E-state index contributed by atoms with van der Waals surface area (Å²) in [7, 11) is 0. The van der Waals surface area contributed by atoms with Gasteiger partial charge in [0.05, 0.1) is 28.3 Å². The number of rotatable bonds is 5. The van der Waals surface area contributed by atoms with E-state index in [0.29, 0.717) is 33.5 Å². The quantitative estimate of drug-likeness (QED) is 0.312. The Morgan fingerprint density at radius 3 is 2.47 bits per heavy atom. The first kappa shape index (κ1) is 22.3. The van der Waals surface area contributed by atoms with Gasteiger partial charge in [0.15, 0.2) is 0 Å². The lowest BCUT2D eigenvalue weighted by atomic mass is 10.1. The van der Waals surface area contributed by atoms with Crippen LogP contribution in [0.2, 0.25) is 10.0 Å². The number of imidazole rings is 1. The summed E-state index contributed by atoms with van der Waals surface area (Å²) in [5.41, 5.74) is 11.0. The Labute approximate surface area is 215 Å². The molecule has 0 fully saturated rings. The zero-order chi connectivity index (χ0) is 24.8. The zero-order valence-corrected chi connectivity index (χ0v) is 20.3. The Balaban J connectivity index is 1.50. The van der Waals surface area contributed by atoms with Gasteiger partial charge in [-0.05, 0) is 29.8 Å². The van der Waals surface area contributed by atoms with Gasteiger partial charge in [-0.2, -0.15) is 5.10 Å². The van der Waals surface area contributed by atoms with Crippen LogP contribution < -0.4 is 5.73 Å². The highest BCUT2D eigenvalue weighted by atomic mass is 35.5. The number of pyridine rings is 2. The smallest absolute Gasteiger partial charge is 0.268 e. The fraction of sp³-hybridized carbons (Fsp3) is 0.0370. The summed E-state index contributed by atoms with van der Waals surface area (Å²) in [4.78, 5) is 21.9. The van der Waals surface area contributed by atoms with Crippen LogP contribution in [0.5, 0.6) is 0 Å². The average Bonchev–Trinajstić information content (AvgIpc) is 3.49. The molecule has 6 aromatic rings. The molecular formula is C27H18Cl2N6O. The largest absolute Gasteiger partial charge is 0.364 e. The van der Waals surface area contributed by atoms with Crippen LogP contribution in [0.3, 0.4) is 0 Å². The van der Waals surface area contributed by atoms with Gasteiger partial charge in [0.2, 0.25) is 0 Å². The highest BCUT2D eigenvalue weighted by molar-refractivity contribution is 6.39. The summed E-state index contributed by atoms with van der Waals surface area (Å²) in [6.45, 7) is 0.663. The third-order valence-corrected chi connectivity index (χ3v) is 6.67. The minimum absolute atomic E-state index is 0.197. The standard InChI is InChI=1S/C27H18Cl2N6O/c28-20-7-4-8-21(29)23(20)24-25(26(30)36)35-10-9-22-19(27(35)33-24)11-17(12-31-22)18-13-32-34(15-18)14-16-5-2-1-3-6-16/h1-13,15H,14H2,(H2,30,36). The number of halogens is 2. The van der Waals surface area contributed by atoms with Gasteiger partial charge in [-0.3, -0.25) is 18.9 Å². The summed E-state index contributed by atoms with van der Waals surface area (Å²) in [6.07, 6.45) is 7.31. The molecule has 0 aliphatic heterocycles. The van der Waals surface area contributed by atoms with Gasteiger partial charge in [-0.15, -0.1) is 0 Å². The molecule has 0 spiro atoms. The molecule has 6 rings (SSSR count). The lowest BCUT2D eigenvalue weighted by molar-refractivity contribution is 0.0995. The average molecular weight is 513 g/mol. The number of hydrogen-bond acceptors (Lipinski definition) is 4. The number of amides is 1. The molecule has 0 atom stereocenters. The summed E-state index contributed by atoms with van der Waals surface area (Å²) >= 11 is 12.9. The van der Waals surface area contributed by atoms with Crippen LogP contribution in [0.4, 0.5) is 0 Å². The first-order valence-corrected chi connectivity index (χ1v) is 11.9. The molecule has 36 heavy (non-hydrogen) atoms. The Bertz CT molecular complexity index is 1750. The maximum atomic E-state index is 12.5. The summed E-state index contributed by atoms with van der Waals surface area (Å²) in [5.74, 6) is -0.640. The van der Waals surface area contributed by atoms with Crippen LogP contribution in [0.25, 0.3) is 38.9 Å². The maximum absolute atomic E-state index is 12.5. The second kappa shape index (κ2) is 8.78. The number of nitrogens with zero attached hydrogens (tertiary/aromatic N) is 5. The predicted molar refractivity (Wildman–Crippen MR) is 141 cm³/mol. The number of nitrogens with two attached hydrogens (primary N) is 1. The second-order valence-corrected chi connectivity index (χ2v) is 9.16. The number of carbonyl (C=O) groups excluding carboxylic acids is 1. The lowest BCUT2D eigenvalue weighted by Crippen LogP contribution is -2.15. The van der Waals surface area contributed by atoms with E-state index in [1.165, 1.54) is 0 Å². The Kier molecular flexibility index (Phi) is 5.44. The van der Waals surface area contributed by atoms with Gasteiger partial charge in [0.25, 0.3) is 5.91 Å². The van der Waals surface area contributed by atoms with E-state index in [1.807, 2.05) is 41.2 Å². The number of hydrogen-bond donors (Lipinski definition) is 1. The van der Waals surface area contributed by atoms with Crippen molar-refractivity contribution in [3.63, 3.8) is 0 Å². The number of primary amides is 1. The molecule has 2 aromatic carbocycles. The van der Waals surface area contributed by atoms with Gasteiger partial charge in [0, 0.05) is 40.7 Å². The molecule has 0 bridgehead atoms. The zero-order valence-electron chi connectivity index (χ0n) is 18.8. The molecule has 4 aromatic heterocycles. The molecule has 1 amide bonds. The van der Waals surface area contributed by atoms with Gasteiger partial charge in [-0.1, -0.05) is 59.6 Å². The van der Waals surface area contributed by atoms with E-state index in [0.717, 1.165) is 27.6 Å². The molecule has 0 aliphatic rings. The van der Waals surface area contributed by atoms with E-state index >= 15 is 0 Å². The van der Waals surface area contributed by atoms with Crippen molar-refractivity contribution >= 4 is 45.7 Å². The summed E-state index contributed by atoms with van der Waals surface area (Å²) in [6, 6.07) is 19.1. The lowest BCUT2D eigenvalue weighted by Gasteiger charge is -2.06. The van der Waals surface area contributed by atoms with Crippen LogP contribution in [-0.2, 0) is 6.54 Å². The molecule has 176 valence electrons. The number of aromatic nitrogens is 5. The Morgan fingerprint density at radius 1 is 0.944 bits per heavy atom. The molecule has 0 radical (unpaired) electrons. The van der Waals surface area contributed by atoms with E-state index in [1.54, 1.807) is 41.2 Å². The van der Waals surface area contributed by atoms with Gasteiger partial charge in [0.1, 0.15) is 17.0 Å². The predicted octanol–water partition coefficient (Wildman–Crippen LogP) is 5.87.